The van der Waals surface area contributed by atoms with Crippen LogP contribution in [0.15, 0.2) is 36.4 Å². The first kappa shape index (κ1) is 27.7. The molecule has 3 rings (SSSR count). The zero-order valence-electron chi connectivity index (χ0n) is 22.3. The monoisotopic (exact) mass is 509 g/mol. The molecule has 0 aliphatic rings. The number of benzene rings is 2. The highest BCUT2D eigenvalue weighted by molar-refractivity contribution is 5.75. The van der Waals surface area contributed by atoms with Crippen molar-refractivity contribution >= 4 is 5.78 Å². The molecule has 0 bridgehead atoms. The summed E-state index contributed by atoms with van der Waals surface area (Å²) in [6.45, 7) is 5.03. The topological polar surface area (TPSA) is 101 Å². The SMILES string of the molecule is COc1ccc(-c2cccc(COc3nc(OC)c(CNCCCC(C)=O)c(OC)n3)c2C)cc1OC. The van der Waals surface area contributed by atoms with Crippen molar-refractivity contribution in [3.63, 3.8) is 0 Å². The average molecular weight is 510 g/mol. The van der Waals surface area contributed by atoms with E-state index in [4.69, 9.17) is 23.7 Å². The molecule has 0 fully saturated rings. The lowest BCUT2D eigenvalue weighted by molar-refractivity contribution is -0.117. The number of ether oxygens (including phenoxy) is 5. The van der Waals surface area contributed by atoms with Gasteiger partial charge in [0.1, 0.15) is 12.4 Å². The fourth-order valence-electron chi connectivity index (χ4n) is 3.95. The van der Waals surface area contributed by atoms with Crippen molar-refractivity contribution in [2.75, 3.05) is 35.0 Å². The van der Waals surface area contributed by atoms with Crippen LogP contribution in [0.5, 0.6) is 29.3 Å². The van der Waals surface area contributed by atoms with Crippen molar-refractivity contribution in [2.24, 2.45) is 0 Å². The molecule has 198 valence electrons. The molecule has 0 radical (unpaired) electrons. The molecular weight excluding hydrogens is 474 g/mol. The Morgan fingerprint density at radius 1 is 0.919 bits per heavy atom. The summed E-state index contributed by atoms with van der Waals surface area (Å²) in [6, 6.07) is 12.1. The Hall–Kier alpha value is -3.85. The third kappa shape index (κ3) is 7.10. The van der Waals surface area contributed by atoms with E-state index in [1.54, 1.807) is 35.4 Å². The van der Waals surface area contributed by atoms with Crippen LogP contribution in [0, 0.1) is 6.92 Å². The van der Waals surface area contributed by atoms with Gasteiger partial charge in [0, 0.05) is 13.0 Å². The largest absolute Gasteiger partial charge is 0.493 e. The van der Waals surface area contributed by atoms with E-state index in [0.717, 1.165) is 28.7 Å². The fraction of sp³-hybridized carbons (Fsp3) is 0.393. The summed E-state index contributed by atoms with van der Waals surface area (Å²) in [5, 5.41) is 3.28. The van der Waals surface area contributed by atoms with Gasteiger partial charge in [-0.25, -0.2) is 0 Å². The van der Waals surface area contributed by atoms with E-state index in [2.05, 4.69) is 21.4 Å². The number of aromatic nitrogens is 2. The predicted octanol–water partition coefficient (Wildman–Crippen LogP) is 4.52. The zero-order chi connectivity index (χ0) is 26.8. The number of hydrogen-bond acceptors (Lipinski definition) is 9. The first-order valence-corrected chi connectivity index (χ1v) is 12.0. The van der Waals surface area contributed by atoms with Crippen molar-refractivity contribution in [1.82, 2.24) is 15.3 Å². The van der Waals surface area contributed by atoms with Crippen molar-refractivity contribution in [3.05, 3.63) is 53.1 Å². The molecule has 9 heteroatoms. The molecule has 2 aromatic carbocycles. The van der Waals surface area contributed by atoms with Crippen LogP contribution in [0.3, 0.4) is 0 Å². The van der Waals surface area contributed by atoms with E-state index in [1.165, 1.54) is 0 Å². The van der Waals surface area contributed by atoms with Gasteiger partial charge in [-0.2, -0.15) is 9.97 Å². The van der Waals surface area contributed by atoms with Gasteiger partial charge in [-0.3, -0.25) is 0 Å². The number of hydrogen-bond donors (Lipinski definition) is 1. The molecule has 0 amide bonds. The van der Waals surface area contributed by atoms with Crippen LogP contribution >= 0.6 is 0 Å². The Labute approximate surface area is 218 Å². The lowest BCUT2D eigenvalue weighted by atomic mass is 9.96. The van der Waals surface area contributed by atoms with Crippen molar-refractivity contribution in [3.8, 4) is 40.4 Å². The van der Waals surface area contributed by atoms with Gasteiger partial charge >= 0.3 is 6.01 Å². The van der Waals surface area contributed by atoms with Crippen LogP contribution in [0.4, 0.5) is 0 Å². The smallest absolute Gasteiger partial charge is 0.323 e. The first-order valence-electron chi connectivity index (χ1n) is 12.0. The molecule has 9 nitrogen and oxygen atoms in total. The predicted molar refractivity (Wildman–Crippen MR) is 141 cm³/mol. The number of nitrogens with one attached hydrogen (secondary N) is 1. The molecule has 0 spiro atoms. The van der Waals surface area contributed by atoms with Gasteiger partial charge < -0.3 is 33.8 Å². The summed E-state index contributed by atoms with van der Waals surface area (Å²) in [5.74, 6) is 2.26. The molecule has 0 unspecified atom stereocenters. The second-order valence-electron chi connectivity index (χ2n) is 8.43. The highest BCUT2D eigenvalue weighted by Crippen LogP contribution is 2.34. The molecule has 3 aromatic rings. The van der Waals surface area contributed by atoms with E-state index in [-0.39, 0.29) is 18.4 Å². The van der Waals surface area contributed by atoms with Crippen LogP contribution in [-0.4, -0.2) is 50.7 Å². The molecule has 1 heterocycles. The van der Waals surface area contributed by atoms with E-state index in [1.807, 2.05) is 37.3 Å². The molecule has 1 N–H and O–H groups in total. The lowest BCUT2D eigenvalue weighted by Gasteiger charge is -2.16. The van der Waals surface area contributed by atoms with Crippen LogP contribution in [0.25, 0.3) is 11.1 Å². The maximum Gasteiger partial charge on any atom is 0.323 e. The maximum atomic E-state index is 11.1. The quantitative estimate of drug-likeness (QED) is 0.314. The van der Waals surface area contributed by atoms with Gasteiger partial charge in [0.15, 0.2) is 11.5 Å². The number of rotatable bonds is 14. The summed E-state index contributed by atoms with van der Waals surface area (Å²) in [5.41, 5.74) is 4.82. The second kappa shape index (κ2) is 13.5. The molecule has 0 aliphatic carbocycles. The normalized spacial score (nSPS) is 10.6. The third-order valence-corrected chi connectivity index (χ3v) is 5.98. The van der Waals surface area contributed by atoms with E-state index < -0.39 is 0 Å². The number of carbonyl (C=O) groups is 1. The number of Topliss-reactive ketones (excluding diaryl/α,β-unsaturated/α-hetero) is 1. The van der Waals surface area contributed by atoms with E-state index >= 15 is 0 Å². The third-order valence-electron chi connectivity index (χ3n) is 5.98. The van der Waals surface area contributed by atoms with Crippen LogP contribution < -0.4 is 29.0 Å². The molecule has 0 saturated carbocycles. The maximum absolute atomic E-state index is 11.1. The minimum atomic E-state index is 0.157. The molecule has 37 heavy (non-hydrogen) atoms. The van der Waals surface area contributed by atoms with Gasteiger partial charge in [0.25, 0.3) is 0 Å². The molecule has 0 atom stereocenters. The summed E-state index contributed by atoms with van der Waals surface area (Å²) >= 11 is 0. The van der Waals surface area contributed by atoms with Gasteiger partial charge in [0.2, 0.25) is 11.8 Å². The van der Waals surface area contributed by atoms with Gasteiger partial charge in [-0.15, -0.1) is 0 Å². The molecule has 0 saturated heterocycles. The molecular formula is C28H35N3O6. The Morgan fingerprint density at radius 3 is 2.24 bits per heavy atom. The van der Waals surface area contributed by atoms with Gasteiger partial charge in [-0.1, -0.05) is 24.3 Å². The Bertz CT molecular complexity index is 1190. The van der Waals surface area contributed by atoms with Crippen molar-refractivity contribution in [2.45, 2.75) is 39.8 Å². The minimum Gasteiger partial charge on any atom is -0.493 e. The van der Waals surface area contributed by atoms with Crippen molar-refractivity contribution in [1.29, 1.82) is 0 Å². The van der Waals surface area contributed by atoms with Crippen LogP contribution in [-0.2, 0) is 17.9 Å². The molecule has 1 aromatic heterocycles. The van der Waals surface area contributed by atoms with Gasteiger partial charge in [0.05, 0.1) is 34.0 Å². The highest BCUT2D eigenvalue weighted by atomic mass is 16.5. The standard InChI is InChI=1S/C28H35N3O6/c1-18(32)9-8-14-29-16-23-26(35-5)30-28(31-27(23)36-6)37-17-21-10-7-11-22(19(21)2)20-12-13-24(33-3)25(15-20)34-4/h7,10-13,15,29H,8-9,14,16-17H2,1-6H3. The van der Waals surface area contributed by atoms with Crippen LogP contribution in [0.2, 0.25) is 0 Å². The minimum absolute atomic E-state index is 0.157. The number of ketones is 1. The highest BCUT2D eigenvalue weighted by Gasteiger charge is 2.17. The van der Waals surface area contributed by atoms with Crippen LogP contribution in [0.1, 0.15) is 36.5 Å². The average Bonchev–Trinajstić information content (AvgIpc) is 2.91. The van der Waals surface area contributed by atoms with Crippen molar-refractivity contribution < 1.29 is 28.5 Å². The molecule has 0 aliphatic heterocycles. The number of methoxy groups -OCH3 is 4. The Morgan fingerprint density at radius 2 is 1.62 bits per heavy atom. The Kier molecular flexibility index (Phi) is 10.1. The van der Waals surface area contributed by atoms with Gasteiger partial charge in [-0.05, 0) is 61.2 Å². The lowest BCUT2D eigenvalue weighted by Crippen LogP contribution is -2.18. The summed E-state index contributed by atoms with van der Waals surface area (Å²) < 4.78 is 27.8. The zero-order valence-corrected chi connectivity index (χ0v) is 22.3. The Balaban J connectivity index is 1.76. The number of carbonyl (C=O) groups excluding carboxylic acids is 1. The fourth-order valence-corrected chi connectivity index (χ4v) is 3.95. The summed E-state index contributed by atoms with van der Waals surface area (Å²) in [4.78, 5) is 20.0. The number of nitrogens with zero attached hydrogens (tertiary/aromatic N) is 2. The first-order chi connectivity index (χ1) is 17.9. The van der Waals surface area contributed by atoms with E-state index in [9.17, 15) is 4.79 Å². The summed E-state index contributed by atoms with van der Waals surface area (Å²) in [6.07, 6.45) is 1.29. The summed E-state index contributed by atoms with van der Waals surface area (Å²) in [7, 11) is 6.33. The van der Waals surface area contributed by atoms with E-state index in [0.29, 0.717) is 48.3 Å². The second-order valence-corrected chi connectivity index (χ2v) is 8.43.